The largest absolute Gasteiger partial charge is 0.354 e. The Labute approximate surface area is 311 Å². The Morgan fingerprint density at radius 3 is 1.20 bits per heavy atom. The van der Waals surface area contributed by atoms with Gasteiger partial charge in [-0.25, -0.2) is 9.97 Å². The highest BCUT2D eigenvalue weighted by Gasteiger charge is 2.41. The van der Waals surface area contributed by atoms with E-state index >= 15 is 0 Å². The number of aromatic amines is 2. The topological polar surface area (TPSA) is 94.3 Å². The van der Waals surface area contributed by atoms with Crippen LogP contribution < -0.4 is 0 Å². The van der Waals surface area contributed by atoms with E-state index in [1.54, 1.807) is 14.2 Å². The van der Waals surface area contributed by atoms with Gasteiger partial charge in [-0.05, 0) is 57.6 Å². The first-order chi connectivity index (χ1) is 26.7. The average molecular weight is 707 g/mol. The van der Waals surface area contributed by atoms with Gasteiger partial charge in [-0.1, -0.05) is 109 Å². The lowest BCUT2D eigenvalue weighted by Gasteiger charge is -2.27. The molecule has 0 amide bonds. The molecule has 262 valence electrons. The molecule has 0 spiro atoms. The molecule has 5 heterocycles. The second-order valence-corrected chi connectivity index (χ2v) is 13.9. The Kier molecular flexibility index (Phi) is 7.09. The van der Waals surface area contributed by atoms with E-state index in [1.165, 1.54) is 0 Å². The maximum absolute atomic E-state index is 6.92. The summed E-state index contributed by atoms with van der Waals surface area (Å²) in [5.41, 5.74) is 16.6. The van der Waals surface area contributed by atoms with Gasteiger partial charge < -0.3 is 28.9 Å². The Morgan fingerprint density at radius 2 is 0.796 bits per heavy atom. The van der Waals surface area contributed by atoms with Crippen molar-refractivity contribution in [3.8, 4) is 44.5 Å². The molecule has 4 atom stereocenters. The van der Waals surface area contributed by atoms with Gasteiger partial charge in [-0.15, -0.1) is 0 Å². The minimum Gasteiger partial charge on any atom is -0.354 e. The molecule has 7 aromatic rings. The van der Waals surface area contributed by atoms with Crippen molar-refractivity contribution in [2.45, 2.75) is 24.8 Å². The Hall–Kier alpha value is -6.16. The number of benzene rings is 4. The van der Waals surface area contributed by atoms with E-state index < -0.39 is 24.8 Å². The highest BCUT2D eigenvalue weighted by atomic mass is 16.7. The van der Waals surface area contributed by atoms with Crippen molar-refractivity contribution in [3.05, 3.63) is 167 Å². The molecular formula is C46H34N4O4. The zero-order chi connectivity index (χ0) is 35.9. The summed E-state index contributed by atoms with van der Waals surface area (Å²) in [7, 11) is 3.36. The van der Waals surface area contributed by atoms with Crippen LogP contribution in [-0.4, -0.2) is 34.2 Å². The van der Waals surface area contributed by atoms with Crippen LogP contribution in [0, 0.1) is 0 Å². The zero-order valence-electron chi connectivity index (χ0n) is 29.5. The highest BCUT2D eigenvalue weighted by molar-refractivity contribution is 5.95. The summed E-state index contributed by atoms with van der Waals surface area (Å²) in [6, 6.07) is 45.8. The molecule has 4 unspecified atom stereocenters. The first-order valence-electron chi connectivity index (χ1n) is 18.2. The summed E-state index contributed by atoms with van der Waals surface area (Å²) < 4.78 is 26.1. The predicted molar refractivity (Wildman–Crippen MR) is 208 cm³/mol. The van der Waals surface area contributed by atoms with Gasteiger partial charge in [0.2, 0.25) is 12.6 Å². The summed E-state index contributed by atoms with van der Waals surface area (Å²) in [4.78, 5) is 18.7. The number of hydrogen-bond donors (Lipinski definition) is 2. The third kappa shape index (κ3) is 4.58. The number of methoxy groups -OCH3 is 2. The van der Waals surface area contributed by atoms with E-state index in [0.29, 0.717) is 11.4 Å². The lowest BCUT2D eigenvalue weighted by atomic mass is 10.0. The smallest absolute Gasteiger partial charge is 0.202 e. The highest BCUT2D eigenvalue weighted by Crippen LogP contribution is 2.53. The van der Waals surface area contributed by atoms with Gasteiger partial charge in [0.1, 0.15) is 23.6 Å². The molecule has 0 fully saturated rings. The molecule has 0 saturated heterocycles. The Bertz CT molecular complexity index is 2600. The Balaban J connectivity index is 1.38. The second-order valence-electron chi connectivity index (χ2n) is 13.9. The third-order valence-corrected chi connectivity index (χ3v) is 11.0. The van der Waals surface area contributed by atoms with Crippen LogP contribution >= 0.6 is 0 Å². The van der Waals surface area contributed by atoms with Gasteiger partial charge >= 0.3 is 0 Å². The average Bonchev–Trinajstić information content (AvgIpc) is 4.02. The molecule has 0 saturated carbocycles. The monoisotopic (exact) mass is 706 g/mol. The number of nitrogens with zero attached hydrogens (tertiary/aromatic N) is 2. The molecule has 4 aliphatic rings. The molecule has 8 heteroatoms. The fraction of sp³-hybridized carbons (Fsp3) is 0.130. The Morgan fingerprint density at radius 1 is 0.426 bits per heavy atom. The van der Waals surface area contributed by atoms with Crippen LogP contribution in [0.1, 0.15) is 58.7 Å². The molecule has 2 aliphatic heterocycles. The van der Waals surface area contributed by atoms with Crippen LogP contribution in [-0.2, 0) is 18.9 Å². The number of H-pyrrole nitrogens is 2. The van der Waals surface area contributed by atoms with Gasteiger partial charge in [0.05, 0.1) is 11.4 Å². The third-order valence-electron chi connectivity index (χ3n) is 11.0. The van der Waals surface area contributed by atoms with E-state index in [9.17, 15) is 0 Å². The molecule has 3 aromatic heterocycles. The summed E-state index contributed by atoms with van der Waals surface area (Å²) >= 11 is 0. The summed E-state index contributed by atoms with van der Waals surface area (Å²) in [5, 5.41) is 0. The van der Waals surface area contributed by atoms with Crippen LogP contribution in [0.4, 0.5) is 0 Å². The molecule has 11 rings (SSSR count). The van der Waals surface area contributed by atoms with Crippen LogP contribution in [0.2, 0.25) is 0 Å². The number of ether oxygens (including phenoxy) is 4. The normalized spacial score (nSPS) is 19.3. The number of nitrogens with one attached hydrogen (secondary N) is 2. The van der Waals surface area contributed by atoms with E-state index in [4.69, 9.17) is 28.9 Å². The lowest BCUT2D eigenvalue weighted by Crippen LogP contribution is -2.20. The summed E-state index contributed by atoms with van der Waals surface area (Å²) in [6.45, 7) is 0. The molecule has 8 bridgehead atoms. The number of hydrogen-bond acceptors (Lipinski definition) is 6. The SMILES string of the molecule is COC1OC2c3ccccc3-c3c2nc1c(-c1ccccc1)c1ccc([nH]1)c1c2nc(c(-c4ccccc4)c4ccc3[nH]4)C(OC)OC2c2ccccc2-1. The van der Waals surface area contributed by atoms with Crippen molar-refractivity contribution in [2.75, 3.05) is 14.2 Å². The fourth-order valence-corrected chi connectivity index (χ4v) is 8.70. The van der Waals surface area contributed by atoms with Crippen LogP contribution in [0.25, 0.3) is 66.6 Å². The minimum absolute atomic E-state index is 0.419. The van der Waals surface area contributed by atoms with Crippen LogP contribution in [0.3, 0.4) is 0 Å². The molecule has 0 radical (unpaired) electrons. The fourth-order valence-electron chi connectivity index (χ4n) is 8.70. The predicted octanol–water partition coefficient (Wildman–Crippen LogP) is 10.5. The quantitative estimate of drug-likeness (QED) is 0.189. The van der Waals surface area contributed by atoms with Crippen molar-refractivity contribution in [1.29, 1.82) is 0 Å². The van der Waals surface area contributed by atoms with E-state index in [-0.39, 0.29) is 0 Å². The van der Waals surface area contributed by atoms with E-state index in [1.807, 2.05) is 48.5 Å². The van der Waals surface area contributed by atoms with Crippen molar-refractivity contribution < 1.29 is 18.9 Å². The zero-order valence-corrected chi connectivity index (χ0v) is 29.5. The maximum atomic E-state index is 6.92. The van der Waals surface area contributed by atoms with Crippen molar-refractivity contribution in [2.24, 2.45) is 0 Å². The second kappa shape index (κ2) is 12.2. The van der Waals surface area contributed by atoms with Crippen molar-refractivity contribution in [1.82, 2.24) is 19.9 Å². The molecule has 54 heavy (non-hydrogen) atoms. The van der Waals surface area contributed by atoms with Gasteiger partial charge in [-0.2, -0.15) is 0 Å². The molecule has 2 aliphatic carbocycles. The molecule has 8 nitrogen and oxygen atoms in total. The van der Waals surface area contributed by atoms with Crippen LogP contribution in [0.15, 0.2) is 133 Å². The molecule has 4 aromatic carbocycles. The summed E-state index contributed by atoms with van der Waals surface area (Å²) in [6.07, 6.45) is -2.30. The number of rotatable bonds is 4. The van der Waals surface area contributed by atoms with Crippen molar-refractivity contribution >= 4 is 22.1 Å². The maximum Gasteiger partial charge on any atom is 0.202 e. The minimum atomic E-state index is -0.729. The van der Waals surface area contributed by atoms with Gasteiger partial charge in [0.15, 0.2) is 0 Å². The number of aromatic nitrogens is 4. The lowest BCUT2D eigenvalue weighted by molar-refractivity contribution is -0.160. The van der Waals surface area contributed by atoms with Crippen molar-refractivity contribution in [3.63, 3.8) is 0 Å². The van der Waals surface area contributed by atoms with Gasteiger partial charge in [-0.3, -0.25) is 0 Å². The molecule has 2 N–H and O–H groups in total. The first-order valence-corrected chi connectivity index (χ1v) is 18.2. The van der Waals surface area contributed by atoms with E-state index in [2.05, 4.69) is 94.9 Å². The summed E-state index contributed by atoms with van der Waals surface area (Å²) in [5.74, 6) is 0. The first kappa shape index (κ1) is 31.4. The van der Waals surface area contributed by atoms with Gasteiger partial charge in [0, 0.05) is 58.5 Å². The van der Waals surface area contributed by atoms with E-state index in [0.717, 1.165) is 89.1 Å². The molecular weight excluding hydrogens is 673 g/mol. The van der Waals surface area contributed by atoms with Crippen LogP contribution in [0.5, 0.6) is 0 Å². The van der Waals surface area contributed by atoms with Gasteiger partial charge in [0.25, 0.3) is 0 Å². The number of fused-ring (bicyclic) bond motifs is 14. The standard InChI is InChI=1S/C46H34N4O4/c1-51-45-41-35(25-13-5-3-6-14-25)31-21-23-34(47-31)38-28-18-10-12-20-30(28)44-40(38)50-42(46(52-2)54-44)36(26-15-7-4-8-16-26)32-22-24-33(48-32)37-27-17-9-11-19-29(27)43(53-45)39(37)49-41/h3-24,43-48H,1-2H3.